The summed E-state index contributed by atoms with van der Waals surface area (Å²) < 4.78 is 4.46. The van der Waals surface area contributed by atoms with Gasteiger partial charge in [0.15, 0.2) is 0 Å². The number of rotatable bonds is 5. The Hall–Kier alpha value is -1.70. The second kappa shape index (κ2) is 6.07. The number of β-lactam (4-membered cyclic amide) rings is 1. The first-order valence-electron chi connectivity index (χ1n) is 7.43. The average Bonchev–Trinajstić information content (AvgIpc) is 2.63. The van der Waals surface area contributed by atoms with Gasteiger partial charge in [-0.05, 0) is 34.6 Å². The number of ether oxygens (including phenoxy) is 1. The highest BCUT2D eigenvalue weighted by atomic mass is 32.2. The van der Waals surface area contributed by atoms with Crippen LogP contribution in [0.4, 0.5) is 0 Å². The molecular formula is C15H22N2O5S. The van der Waals surface area contributed by atoms with Crippen LogP contribution in [0.1, 0.15) is 34.6 Å². The fraction of sp³-hybridized carbons (Fsp3) is 0.667. The van der Waals surface area contributed by atoms with Crippen LogP contribution in [0.15, 0.2) is 11.8 Å². The van der Waals surface area contributed by atoms with Gasteiger partial charge in [0.1, 0.15) is 17.5 Å². The molecule has 0 spiro atoms. The largest absolute Gasteiger partial charge is 0.480 e. The molecule has 23 heavy (non-hydrogen) atoms. The van der Waals surface area contributed by atoms with Gasteiger partial charge < -0.3 is 20.1 Å². The lowest BCUT2D eigenvalue weighted by Crippen LogP contribution is -2.69. The molecule has 2 aliphatic rings. The standard InChI is InChI=1S/C15H22N2O5S/c1-7(2)22-9(18)6-8(3)16-10-12(19)17-11(14(20)21)15(4,5)23-13(10)17/h6-7,10-11,13,16H,1-5H3,(H,20,21)/b8-6+/t10?,11-,13+/m0/s1. The van der Waals surface area contributed by atoms with Crippen molar-refractivity contribution in [1.29, 1.82) is 0 Å². The van der Waals surface area contributed by atoms with Gasteiger partial charge in [-0.3, -0.25) is 4.79 Å². The third kappa shape index (κ3) is 3.31. The Morgan fingerprint density at radius 3 is 2.57 bits per heavy atom. The van der Waals surface area contributed by atoms with Gasteiger partial charge in [-0.25, -0.2) is 9.59 Å². The van der Waals surface area contributed by atoms with E-state index in [1.54, 1.807) is 20.8 Å². The Labute approximate surface area is 139 Å². The molecule has 0 saturated carbocycles. The van der Waals surface area contributed by atoms with Crippen LogP contribution in [0.25, 0.3) is 0 Å². The zero-order chi connectivity index (χ0) is 17.5. The van der Waals surface area contributed by atoms with Gasteiger partial charge in [0.2, 0.25) is 5.91 Å². The summed E-state index contributed by atoms with van der Waals surface area (Å²) in [7, 11) is 0. The van der Waals surface area contributed by atoms with Gasteiger partial charge in [-0.1, -0.05) is 0 Å². The summed E-state index contributed by atoms with van der Waals surface area (Å²) in [6.07, 6.45) is 1.09. The van der Waals surface area contributed by atoms with Crippen molar-refractivity contribution < 1.29 is 24.2 Å². The van der Waals surface area contributed by atoms with E-state index in [2.05, 4.69) is 5.32 Å². The van der Waals surface area contributed by atoms with Crippen molar-refractivity contribution in [3.8, 4) is 0 Å². The first kappa shape index (κ1) is 17.7. The second-order valence-corrected chi connectivity index (χ2v) is 8.30. The Kier molecular flexibility index (Phi) is 4.66. The van der Waals surface area contributed by atoms with Crippen molar-refractivity contribution in [2.24, 2.45) is 0 Å². The monoisotopic (exact) mass is 342 g/mol. The molecule has 2 fully saturated rings. The molecule has 3 atom stereocenters. The molecule has 128 valence electrons. The summed E-state index contributed by atoms with van der Waals surface area (Å²) >= 11 is 1.46. The highest BCUT2D eigenvalue weighted by Crippen LogP contribution is 2.50. The predicted octanol–water partition coefficient (Wildman–Crippen LogP) is 0.947. The third-order valence-corrected chi connectivity index (χ3v) is 5.32. The molecule has 1 amide bonds. The van der Waals surface area contributed by atoms with Crippen LogP contribution in [0, 0.1) is 0 Å². The van der Waals surface area contributed by atoms with Crippen LogP contribution in [-0.2, 0) is 19.1 Å². The van der Waals surface area contributed by atoms with Gasteiger partial charge in [0.25, 0.3) is 0 Å². The van der Waals surface area contributed by atoms with E-state index in [9.17, 15) is 19.5 Å². The molecule has 0 aromatic heterocycles. The fourth-order valence-corrected chi connectivity index (χ4v) is 4.50. The first-order chi connectivity index (χ1) is 10.5. The number of carbonyl (C=O) groups excluding carboxylic acids is 2. The number of carbonyl (C=O) groups is 3. The lowest BCUT2D eigenvalue weighted by molar-refractivity contribution is -0.160. The van der Waals surface area contributed by atoms with Crippen LogP contribution < -0.4 is 5.32 Å². The maximum Gasteiger partial charge on any atom is 0.332 e. The van der Waals surface area contributed by atoms with E-state index < -0.39 is 28.8 Å². The van der Waals surface area contributed by atoms with Gasteiger partial charge in [0.05, 0.1) is 6.10 Å². The van der Waals surface area contributed by atoms with E-state index in [1.165, 1.54) is 22.7 Å². The molecule has 2 N–H and O–H groups in total. The Morgan fingerprint density at radius 1 is 1.43 bits per heavy atom. The minimum absolute atomic E-state index is 0.213. The van der Waals surface area contributed by atoms with Crippen molar-refractivity contribution in [1.82, 2.24) is 10.2 Å². The summed E-state index contributed by atoms with van der Waals surface area (Å²) in [5.41, 5.74) is 0.519. The van der Waals surface area contributed by atoms with E-state index >= 15 is 0 Å². The maximum absolute atomic E-state index is 12.3. The van der Waals surface area contributed by atoms with Crippen molar-refractivity contribution >= 4 is 29.6 Å². The molecule has 7 nitrogen and oxygen atoms in total. The fourth-order valence-electron chi connectivity index (χ4n) is 2.88. The van der Waals surface area contributed by atoms with Crippen molar-refractivity contribution in [3.05, 3.63) is 11.8 Å². The number of nitrogens with zero attached hydrogens (tertiary/aromatic N) is 1. The summed E-state index contributed by atoms with van der Waals surface area (Å²) in [6, 6.07) is -1.36. The number of carboxylic acids is 1. The summed E-state index contributed by atoms with van der Waals surface area (Å²) in [5, 5.41) is 12.1. The molecule has 1 unspecified atom stereocenters. The van der Waals surface area contributed by atoms with Crippen LogP contribution in [-0.4, -0.2) is 56.2 Å². The molecular weight excluding hydrogens is 320 g/mol. The number of hydrogen-bond acceptors (Lipinski definition) is 6. The van der Waals surface area contributed by atoms with E-state index in [-0.39, 0.29) is 17.4 Å². The molecule has 2 saturated heterocycles. The van der Waals surface area contributed by atoms with E-state index in [0.29, 0.717) is 5.70 Å². The number of thioether (sulfide) groups is 1. The third-order valence-electron chi connectivity index (χ3n) is 3.74. The van der Waals surface area contributed by atoms with Gasteiger partial charge in [-0.15, -0.1) is 11.8 Å². The van der Waals surface area contributed by atoms with Gasteiger partial charge in [0, 0.05) is 16.5 Å². The van der Waals surface area contributed by atoms with E-state index in [1.807, 2.05) is 13.8 Å². The van der Waals surface area contributed by atoms with Crippen LogP contribution >= 0.6 is 11.8 Å². The number of amides is 1. The Morgan fingerprint density at radius 2 is 2.04 bits per heavy atom. The normalized spacial score (nSPS) is 29.1. The number of carboxylic acid groups (broad SMARTS) is 1. The number of fused-ring (bicyclic) bond motifs is 1. The number of aliphatic carboxylic acids is 1. The minimum Gasteiger partial charge on any atom is -0.480 e. The average molecular weight is 342 g/mol. The van der Waals surface area contributed by atoms with E-state index in [0.717, 1.165) is 0 Å². The molecule has 0 aromatic rings. The number of esters is 1. The highest BCUT2D eigenvalue weighted by Gasteiger charge is 2.63. The molecule has 2 aliphatic heterocycles. The summed E-state index contributed by atoms with van der Waals surface area (Å²) in [5.74, 6) is -1.73. The first-order valence-corrected chi connectivity index (χ1v) is 8.31. The Balaban J connectivity index is 2.05. The van der Waals surface area contributed by atoms with Crippen molar-refractivity contribution in [2.45, 2.75) is 62.9 Å². The summed E-state index contributed by atoms with van der Waals surface area (Å²) in [4.78, 5) is 36.7. The lowest BCUT2D eigenvalue weighted by atomic mass is 9.96. The maximum atomic E-state index is 12.3. The van der Waals surface area contributed by atoms with Crippen molar-refractivity contribution in [3.63, 3.8) is 0 Å². The molecule has 8 heteroatoms. The topological polar surface area (TPSA) is 95.9 Å². The number of nitrogens with one attached hydrogen (secondary N) is 1. The van der Waals surface area contributed by atoms with Crippen LogP contribution in [0.2, 0.25) is 0 Å². The quantitative estimate of drug-likeness (QED) is 0.436. The summed E-state index contributed by atoms with van der Waals surface area (Å²) in [6.45, 7) is 8.83. The molecule has 2 rings (SSSR count). The number of allylic oxidation sites excluding steroid dienone is 1. The van der Waals surface area contributed by atoms with E-state index in [4.69, 9.17) is 4.74 Å². The zero-order valence-electron chi connectivity index (χ0n) is 13.8. The lowest BCUT2D eigenvalue weighted by Gasteiger charge is -2.44. The molecule has 0 bridgehead atoms. The molecule has 0 radical (unpaired) electrons. The van der Waals surface area contributed by atoms with Crippen LogP contribution in [0.3, 0.4) is 0 Å². The van der Waals surface area contributed by atoms with Gasteiger partial charge >= 0.3 is 11.9 Å². The predicted molar refractivity (Wildman–Crippen MR) is 85.6 cm³/mol. The molecule has 0 aliphatic carbocycles. The second-order valence-electron chi connectivity index (χ2n) is 6.53. The van der Waals surface area contributed by atoms with Crippen LogP contribution in [0.5, 0.6) is 0 Å². The molecule has 2 heterocycles. The molecule has 0 aromatic carbocycles. The zero-order valence-corrected chi connectivity index (χ0v) is 14.6. The highest BCUT2D eigenvalue weighted by molar-refractivity contribution is 8.01. The van der Waals surface area contributed by atoms with Gasteiger partial charge in [-0.2, -0.15) is 0 Å². The smallest absolute Gasteiger partial charge is 0.332 e. The SMILES string of the molecule is C/C(=C\C(=O)OC(C)C)NC1C(=O)N2[C@@H]1SC(C)(C)[C@@H]2C(=O)O. The minimum atomic E-state index is -0.996. The number of hydrogen-bond donors (Lipinski definition) is 2. The Bertz CT molecular complexity index is 572. The van der Waals surface area contributed by atoms with Crippen molar-refractivity contribution in [2.75, 3.05) is 0 Å².